The highest BCUT2D eigenvalue weighted by Gasteiger charge is 2.42. The number of nitro benzene ring substituents is 1. The van der Waals surface area contributed by atoms with Crippen LogP contribution in [0.4, 0.5) is 15.8 Å². The molecule has 108 valence electrons. The summed E-state index contributed by atoms with van der Waals surface area (Å²) in [6.45, 7) is 2.07. The van der Waals surface area contributed by atoms with E-state index in [1.54, 1.807) is 34.4 Å². The SMILES string of the molecule is CC1(C(=O)O)CCN(c2cc(F)c(I)cc2[N+](=O)[O-])C1. The van der Waals surface area contributed by atoms with E-state index in [9.17, 15) is 24.4 Å². The Kier molecular flexibility index (Phi) is 3.85. The third kappa shape index (κ3) is 2.56. The second-order valence-corrected chi connectivity index (χ2v) is 6.21. The van der Waals surface area contributed by atoms with Gasteiger partial charge in [0.25, 0.3) is 5.69 Å². The zero-order valence-corrected chi connectivity index (χ0v) is 12.8. The van der Waals surface area contributed by atoms with Crippen molar-refractivity contribution in [2.45, 2.75) is 13.3 Å². The van der Waals surface area contributed by atoms with Gasteiger partial charge in [-0.2, -0.15) is 0 Å². The van der Waals surface area contributed by atoms with E-state index in [2.05, 4.69) is 0 Å². The molecule has 1 atom stereocenters. The van der Waals surface area contributed by atoms with Crippen LogP contribution in [-0.2, 0) is 4.79 Å². The van der Waals surface area contributed by atoms with Crippen molar-refractivity contribution in [2.24, 2.45) is 5.41 Å². The number of carboxylic acid groups (broad SMARTS) is 1. The molecule has 1 N–H and O–H groups in total. The van der Waals surface area contributed by atoms with Crippen LogP contribution in [0.3, 0.4) is 0 Å². The van der Waals surface area contributed by atoms with Crippen LogP contribution in [0.25, 0.3) is 0 Å². The van der Waals surface area contributed by atoms with E-state index in [-0.39, 0.29) is 21.5 Å². The molecule has 1 aromatic carbocycles. The number of rotatable bonds is 3. The third-order valence-electron chi connectivity index (χ3n) is 3.54. The molecule has 0 amide bonds. The van der Waals surface area contributed by atoms with E-state index in [1.165, 1.54) is 6.07 Å². The summed E-state index contributed by atoms with van der Waals surface area (Å²) in [5.41, 5.74) is -1.03. The second kappa shape index (κ2) is 5.15. The molecule has 20 heavy (non-hydrogen) atoms. The van der Waals surface area contributed by atoms with Crippen molar-refractivity contribution in [2.75, 3.05) is 18.0 Å². The number of anilines is 1. The Labute approximate surface area is 127 Å². The first kappa shape index (κ1) is 14.9. The lowest BCUT2D eigenvalue weighted by atomic mass is 9.90. The van der Waals surface area contributed by atoms with Gasteiger partial charge in [0.2, 0.25) is 0 Å². The summed E-state index contributed by atoms with van der Waals surface area (Å²) in [6, 6.07) is 2.27. The van der Waals surface area contributed by atoms with Gasteiger partial charge in [-0.05, 0) is 35.9 Å². The van der Waals surface area contributed by atoms with Crippen molar-refractivity contribution < 1.29 is 19.2 Å². The standard InChI is InChI=1S/C12H12FIN2O4/c1-12(11(17)18)2-3-15(6-12)9-4-7(13)8(14)5-10(9)16(19)20/h4-5H,2-3,6H2,1H3,(H,17,18). The van der Waals surface area contributed by atoms with Crippen LogP contribution >= 0.6 is 22.6 Å². The smallest absolute Gasteiger partial charge is 0.311 e. The van der Waals surface area contributed by atoms with Crippen LogP contribution in [0.2, 0.25) is 0 Å². The maximum absolute atomic E-state index is 13.7. The molecule has 1 aromatic rings. The van der Waals surface area contributed by atoms with Crippen LogP contribution in [0.15, 0.2) is 12.1 Å². The van der Waals surface area contributed by atoms with Gasteiger partial charge in [0.05, 0.1) is 13.9 Å². The molecule has 2 rings (SSSR count). The van der Waals surface area contributed by atoms with E-state index in [4.69, 9.17) is 0 Å². The fraction of sp³-hybridized carbons (Fsp3) is 0.417. The first-order valence-electron chi connectivity index (χ1n) is 5.86. The number of halogens is 2. The van der Waals surface area contributed by atoms with Crippen LogP contribution in [-0.4, -0.2) is 29.1 Å². The van der Waals surface area contributed by atoms with E-state index in [1.807, 2.05) is 0 Å². The molecule has 1 heterocycles. The molecule has 0 saturated carbocycles. The van der Waals surface area contributed by atoms with Crippen molar-refractivity contribution in [3.05, 3.63) is 31.6 Å². The summed E-state index contributed by atoms with van der Waals surface area (Å²) in [6.07, 6.45) is 0.368. The minimum absolute atomic E-state index is 0.128. The van der Waals surface area contributed by atoms with Crippen LogP contribution < -0.4 is 4.90 Å². The van der Waals surface area contributed by atoms with Crippen LogP contribution in [0.1, 0.15) is 13.3 Å². The summed E-state index contributed by atoms with van der Waals surface area (Å²) < 4.78 is 13.8. The van der Waals surface area contributed by atoms with E-state index >= 15 is 0 Å². The van der Waals surface area contributed by atoms with Crippen molar-refractivity contribution in [3.8, 4) is 0 Å². The Morgan fingerprint density at radius 1 is 1.60 bits per heavy atom. The first-order valence-corrected chi connectivity index (χ1v) is 6.94. The molecule has 0 radical (unpaired) electrons. The van der Waals surface area contributed by atoms with Crippen molar-refractivity contribution in [3.63, 3.8) is 0 Å². The van der Waals surface area contributed by atoms with E-state index < -0.39 is 22.1 Å². The molecular weight excluding hydrogens is 382 g/mol. The Morgan fingerprint density at radius 2 is 2.25 bits per heavy atom. The molecule has 1 unspecified atom stereocenters. The molecule has 0 aliphatic carbocycles. The lowest BCUT2D eigenvalue weighted by Crippen LogP contribution is -2.32. The van der Waals surface area contributed by atoms with Gasteiger partial charge in [0, 0.05) is 25.2 Å². The summed E-state index contributed by atoms with van der Waals surface area (Å²) in [4.78, 5) is 23.3. The number of benzene rings is 1. The summed E-state index contributed by atoms with van der Waals surface area (Å²) in [7, 11) is 0. The number of hydrogen-bond donors (Lipinski definition) is 1. The predicted octanol–water partition coefficient (Wildman–Crippen LogP) is 2.64. The average Bonchev–Trinajstić information content (AvgIpc) is 2.76. The zero-order chi connectivity index (χ0) is 15.1. The number of nitrogens with zero attached hydrogens (tertiary/aromatic N) is 2. The highest BCUT2D eigenvalue weighted by atomic mass is 127. The Hall–Kier alpha value is -1.45. The molecule has 1 fully saturated rings. The van der Waals surface area contributed by atoms with Gasteiger partial charge in [-0.25, -0.2) is 4.39 Å². The number of nitro groups is 1. The van der Waals surface area contributed by atoms with Gasteiger partial charge in [-0.3, -0.25) is 14.9 Å². The molecule has 8 heteroatoms. The van der Waals surface area contributed by atoms with Gasteiger partial charge in [0.15, 0.2) is 0 Å². The molecule has 0 bridgehead atoms. The summed E-state index contributed by atoms with van der Waals surface area (Å²) in [5, 5.41) is 20.3. The normalized spacial score (nSPS) is 22.1. The molecule has 1 aliphatic rings. The molecule has 1 saturated heterocycles. The Bertz CT molecular complexity index is 595. The molecule has 6 nitrogen and oxygen atoms in total. The van der Waals surface area contributed by atoms with Crippen molar-refractivity contribution in [1.29, 1.82) is 0 Å². The maximum atomic E-state index is 13.7. The van der Waals surface area contributed by atoms with E-state index in [0.717, 1.165) is 6.07 Å². The molecule has 1 aliphatic heterocycles. The quantitative estimate of drug-likeness (QED) is 0.484. The maximum Gasteiger partial charge on any atom is 0.311 e. The largest absolute Gasteiger partial charge is 0.481 e. The fourth-order valence-electron chi connectivity index (χ4n) is 2.27. The molecule has 0 aromatic heterocycles. The summed E-state index contributed by atoms with van der Waals surface area (Å²) in [5.74, 6) is -1.50. The minimum Gasteiger partial charge on any atom is -0.481 e. The van der Waals surface area contributed by atoms with Crippen LogP contribution in [0.5, 0.6) is 0 Å². The van der Waals surface area contributed by atoms with Gasteiger partial charge in [-0.15, -0.1) is 0 Å². The van der Waals surface area contributed by atoms with E-state index in [0.29, 0.717) is 13.0 Å². The number of aliphatic carboxylic acids is 1. The second-order valence-electron chi connectivity index (χ2n) is 5.05. The number of hydrogen-bond acceptors (Lipinski definition) is 4. The van der Waals surface area contributed by atoms with Crippen LogP contribution in [0, 0.1) is 24.9 Å². The van der Waals surface area contributed by atoms with Gasteiger partial charge >= 0.3 is 5.97 Å². The highest BCUT2D eigenvalue weighted by Crippen LogP contribution is 2.38. The van der Waals surface area contributed by atoms with Gasteiger partial charge < -0.3 is 10.0 Å². The van der Waals surface area contributed by atoms with Gasteiger partial charge in [0.1, 0.15) is 11.5 Å². The lowest BCUT2D eigenvalue weighted by Gasteiger charge is -2.21. The van der Waals surface area contributed by atoms with Crippen molar-refractivity contribution >= 4 is 39.9 Å². The van der Waals surface area contributed by atoms with Gasteiger partial charge in [-0.1, -0.05) is 0 Å². The average molecular weight is 394 g/mol. The summed E-state index contributed by atoms with van der Waals surface area (Å²) >= 11 is 1.69. The lowest BCUT2D eigenvalue weighted by molar-refractivity contribution is -0.384. The van der Waals surface area contributed by atoms with Crippen molar-refractivity contribution in [1.82, 2.24) is 0 Å². The molecule has 0 spiro atoms. The predicted molar refractivity (Wildman–Crippen MR) is 78.3 cm³/mol. The Morgan fingerprint density at radius 3 is 2.75 bits per heavy atom. The zero-order valence-electron chi connectivity index (χ0n) is 10.6. The fourth-order valence-corrected chi connectivity index (χ4v) is 2.72. The number of carboxylic acids is 1. The molecular formula is C12H12FIN2O4. The monoisotopic (exact) mass is 394 g/mol. The first-order chi connectivity index (χ1) is 9.24. The third-order valence-corrected chi connectivity index (χ3v) is 4.37. The number of carbonyl (C=O) groups is 1. The Balaban J connectivity index is 2.42. The minimum atomic E-state index is -0.965. The topological polar surface area (TPSA) is 83.7 Å². The highest BCUT2D eigenvalue weighted by molar-refractivity contribution is 14.1.